The Balaban J connectivity index is 1.44. The summed E-state index contributed by atoms with van der Waals surface area (Å²) in [5, 5.41) is 2.21. The second kappa shape index (κ2) is 10.6. The summed E-state index contributed by atoms with van der Waals surface area (Å²) in [7, 11) is 1.55. The number of ether oxygens (including phenoxy) is 3. The Bertz CT molecular complexity index is 1290. The summed E-state index contributed by atoms with van der Waals surface area (Å²) in [4.78, 5) is 30.9. The van der Waals surface area contributed by atoms with Gasteiger partial charge in [-0.05, 0) is 42.5 Å². The fraction of sp³-hybridized carbons (Fsp3) is 0.115. The van der Waals surface area contributed by atoms with Crippen molar-refractivity contribution < 1.29 is 23.8 Å². The molecule has 0 radical (unpaired) electrons. The van der Waals surface area contributed by atoms with E-state index in [9.17, 15) is 9.59 Å². The molecule has 1 heterocycles. The van der Waals surface area contributed by atoms with Gasteiger partial charge in [0, 0.05) is 12.3 Å². The Morgan fingerprint density at radius 1 is 0.941 bits per heavy atom. The number of amides is 1. The Morgan fingerprint density at radius 2 is 1.68 bits per heavy atom. The number of carbonyl (C=O) groups is 2. The zero-order valence-corrected chi connectivity index (χ0v) is 19.5. The number of hydrogen-bond donors (Lipinski definition) is 0. The number of aromatic nitrogens is 1. The zero-order valence-electron chi connectivity index (χ0n) is 18.6. The Hall–Kier alpha value is -4.17. The summed E-state index contributed by atoms with van der Waals surface area (Å²) in [5.41, 5.74) is 1.49. The maximum absolute atomic E-state index is 12.6. The van der Waals surface area contributed by atoms with E-state index in [0.717, 1.165) is 0 Å². The van der Waals surface area contributed by atoms with Gasteiger partial charge in [-0.25, -0.2) is 9.78 Å². The van der Waals surface area contributed by atoms with Crippen molar-refractivity contribution in [3.05, 3.63) is 95.5 Å². The van der Waals surface area contributed by atoms with Crippen LogP contribution in [0.25, 0.3) is 0 Å². The first-order chi connectivity index (χ1) is 16.5. The maximum Gasteiger partial charge on any atom is 0.338 e. The minimum Gasteiger partial charge on any atom is -0.495 e. The van der Waals surface area contributed by atoms with E-state index in [1.807, 2.05) is 42.5 Å². The molecule has 0 atom stereocenters. The van der Waals surface area contributed by atoms with Gasteiger partial charge in [-0.1, -0.05) is 36.4 Å². The molecule has 8 heteroatoms. The van der Waals surface area contributed by atoms with Crippen molar-refractivity contribution in [1.82, 2.24) is 4.98 Å². The number of benzene rings is 3. The van der Waals surface area contributed by atoms with Gasteiger partial charge in [0.25, 0.3) is 0 Å². The lowest BCUT2D eigenvalue weighted by Gasteiger charge is -2.20. The van der Waals surface area contributed by atoms with E-state index in [-0.39, 0.29) is 12.5 Å². The minimum atomic E-state index is -0.499. The first-order valence-electron chi connectivity index (χ1n) is 10.4. The highest BCUT2D eigenvalue weighted by Crippen LogP contribution is 2.35. The molecule has 0 aliphatic rings. The van der Waals surface area contributed by atoms with E-state index in [4.69, 9.17) is 14.2 Å². The topological polar surface area (TPSA) is 78.0 Å². The van der Waals surface area contributed by atoms with E-state index >= 15 is 0 Å². The molecule has 0 N–H and O–H groups in total. The van der Waals surface area contributed by atoms with E-state index in [1.165, 1.54) is 23.2 Å². The average molecular weight is 475 g/mol. The highest BCUT2D eigenvalue weighted by atomic mass is 32.1. The lowest BCUT2D eigenvalue weighted by atomic mass is 10.2. The summed E-state index contributed by atoms with van der Waals surface area (Å²) < 4.78 is 16.6. The molecule has 34 heavy (non-hydrogen) atoms. The van der Waals surface area contributed by atoms with Crippen molar-refractivity contribution in [1.29, 1.82) is 0 Å². The summed E-state index contributed by atoms with van der Waals surface area (Å²) in [5.74, 6) is 1.05. The van der Waals surface area contributed by atoms with E-state index in [1.54, 1.807) is 48.9 Å². The predicted octanol–water partition coefficient (Wildman–Crippen LogP) is 5.99. The van der Waals surface area contributed by atoms with Crippen molar-refractivity contribution >= 4 is 34.0 Å². The molecular formula is C26H22N2O5S. The molecule has 1 amide bonds. The SMILES string of the molecule is COc1ccccc1N(C(C)=O)c1nc(COC(=O)c2cccc(Oc3ccccc3)c2)cs1. The number of rotatable bonds is 8. The van der Waals surface area contributed by atoms with Gasteiger partial charge >= 0.3 is 5.97 Å². The number of methoxy groups -OCH3 is 1. The number of anilines is 2. The number of hydrogen-bond acceptors (Lipinski definition) is 7. The lowest BCUT2D eigenvalue weighted by Crippen LogP contribution is -2.23. The van der Waals surface area contributed by atoms with Gasteiger partial charge in [0.1, 0.15) is 23.9 Å². The predicted molar refractivity (Wildman–Crippen MR) is 130 cm³/mol. The van der Waals surface area contributed by atoms with Crippen molar-refractivity contribution in [3.8, 4) is 17.2 Å². The van der Waals surface area contributed by atoms with Gasteiger partial charge in [-0.3, -0.25) is 9.69 Å². The fourth-order valence-electron chi connectivity index (χ4n) is 3.22. The summed E-state index contributed by atoms with van der Waals surface area (Å²) in [6.07, 6.45) is 0. The Kier molecular flexibility index (Phi) is 7.19. The quantitative estimate of drug-likeness (QED) is 0.292. The summed E-state index contributed by atoms with van der Waals surface area (Å²) >= 11 is 1.28. The third-order valence-electron chi connectivity index (χ3n) is 4.77. The highest BCUT2D eigenvalue weighted by Gasteiger charge is 2.21. The molecule has 0 aliphatic carbocycles. The summed E-state index contributed by atoms with van der Waals surface area (Å²) in [6.45, 7) is 1.43. The molecule has 0 fully saturated rings. The molecule has 0 aliphatic heterocycles. The number of carbonyl (C=O) groups excluding carboxylic acids is 2. The smallest absolute Gasteiger partial charge is 0.338 e. The van der Waals surface area contributed by atoms with Crippen molar-refractivity contribution in [2.24, 2.45) is 0 Å². The van der Waals surface area contributed by atoms with Crippen LogP contribution in [0.5, 0.6) is 17.2 Å². The van der Waals surface area contributed by atoms with E-state index in [2.05, 4.69) is 4.98 Å². The molecule has 0 unspecified atom stereocenters. The second-order valence-electron chi connectivity index (χ2n) is 7.17. The van der Waals surface area contributed by atoms with Gasteiger partial charge in [0.05, 0.1) is 24.1 Å². The van der Waals surface area contributed by atoms with Crippen molar-refractivity contribution in [3.63, 3.8) is 0 Å². The van der Waals surface area contributed by atoms with Gasteiger partial charge in [-0.2, -0.15) is 0 Å². The van der Waals surface area contributed by atoms with Crippen LogP contribution in [-0.2, 0) is 16.1 Å². The molecule has 7 nitrogen and oxygen atoms in total. The number of para-hydroxylation sites is 3. The molecular weight excluding hydrogens is 452 g/mol. The monoisotopic (exact) mass is 474 g/mol. The molecule has 172 valence electrons. The minimum absolute atomic E-state index is 0.0310. The molecule has 4 aromatic rings. The van der Waals surface area contributed by atoms with Crippen LogP contribution in [0.3, 0.4) is 0 Å². The second-order valence-corrected chi connectivity index (χ2v) is 8.00. The molecule has 1 aromatic heterocycles. The number of thiazole rings is 1. The third-order valence-corrected chi connectivity index (χ3v) is 5.65. The van der Waals surface area contributed by atoms with Crippen LogP contribution in [0.2, 0.25) is 0 Å². The van der Waals surface area contributed by atoms with Crippen LogP contribution in [0, 0.1) is 0 Å². The summed E-state index contributed by atoms with van der Waals surface area (Å²) in [6, 6.07) is 23.3. The van der Waals surface area contributed by atoms with Gasteiger partial charge in [-0.15, -0.1) is 11.3 Å². The molecule has 0 saturated carbocycles. The van der Waals surface area contributed by atoms with Crippen LogP contribution in [0.1, 0.15) is 23.0 Å². The normalized spacial score (nSPS) is 10.4. The Morgan fingerprint density at radius 3 is 2.44 bits per heavy atom. The molecule has 0 bridgehead atoms. The van der Waals surface area contributed by atoms with Crippen LogP contribution >= 0.6 is 11.3 Å². The van der Waals surface area contributed by atoms with Crippen LogP contribution in [0.15, 0.2) is 84.2 Å². The largest absolute Gasteiger partial charge is 0.495 e. The lowest BCUT2D eigenvalue weighted by molar-refractivity contribution is -0.115. The van der Waals surface area contributed by atoms with Crippen LogP contribution in [-0.4, -0.2) is 24.0 Å². The molecule has 4 rings (SSSR count). The third kappa shape index (κ3) is 5.41. The van der Waals surface area contributed by atoms with E-state index < -0.39 is 5.97 Å². The van der Waals surface area contributed by atoms with E-state index in [0.29, 0.717) is 39.3 Å². The number of nitrogens with zero attached hydrogens (tertiary/aromatic N) is 2. The average Bonchev–Trinajstić information content (AvgIpc) is 3.32. The molecule has 0 saturated heterocycles. The van der Waals surface area contributed by atoms with Gasteiger partial charge < -0.3 is 14.2 Å². The van der Waals surface area contributed by atoms with Crippen molar-refractivity contribution in [2.45, 2.75) is 13.5 Å². The standard InChI is InChI=1S/C26H22N2O5S/c1-18(29)28(23-13-6-7-14-24(23)31-2)26-27-20(17-34-26)16-32-25(30)19-9-8-12-22(15-19)33-21-10-4-3-5-11-21/h3-15,17H,16H2,1-2H3. The van der Waals surface area contributed by atoms with Crippen LogP contribution < -0.4 is 14.4 Å². The number of esters is 1. The maximum atomic E-state index is 12.6. The van der Waals surface area contributed by atoms with Gasteiger partial charge in [0.15, 0.2) is 5.13 Å². The zero-order chi connectivity index (χ0) is 23.9. The van der Waals surface area contributed by atoms with Crippen molar-refractivity contribution in [2.75, 3.05) is 12.0 Å². The first kappa shape index (κ1) is 23.0. The Labute approximate surface area is 201 Å². The van der Waals surface area contributed by atoms with Crippen LogP contribution in [0.4, 0.5) is 10.8 Å². The molecule has 3 aromatic carbocycles. The first-order valence-corrected chi connectivity index (χ1v) is 11.3. The molecule has 0 spiro atoms. The fourth-order valence-corrected chi connectivity index (χ4v) is 4.09. The highest BCUT2D eigenvalue weighted by molar-refractivity contribution is 7.14. The van der Waals surface area contributed by atoms with Gasteiger partial charge in [0.2, 0.25) is 5.91 Å².